The first kappa shape index (κ1) is 9.15. The van der Waals surface area contributed by atoms with Gasteiger partial charge in [0, 0.05) is 12.4 Å². The lowest BCUT2D eigenvalue weighted by atomic mass is 10.2. The van der Waals surface area contributed by atoms with Gasteiger partial charge in [-0.05, 0) is 19.8 Å². The summed E-state index contributed by atoms with van der Waals surface area (Å²) in [5.41, 5.74) is 1.17. The molecular formula is C9H15N. The monoisotopic (exact) mass is 137 g/mol. The van der Waals surface area contributed by atoms with Crippen molar-refractivity contribution in [2.75, 3.05) is 0 Å². The number of hydrogen-bond donors (Lipinski definition) is 0. The molecular weight excluding hydrogens is 122 g/mol. The van der Waals surface area contributed by atoms with Crippen LogP contribution in [0.5, 0.6) is 0 Å². The zero-order valence-electron chi connectivity index (χ0n) is 6.80. The second-order valence-corrected chi connectivity index (χ2v) is 2.29. The Morgan fingerprint density at radius 2 is 2.30 bits per heavy atom. The Balaban J connectivity index is 3.37. The molecule has 0 aromatic heterocycles. The van der Waals surface area contributed by atoms with Gasteiger partial charge in [0.25, 0.3) is 0 Å². The van der Waals surface area contributed by atoms with E-state index in [1.165, 1.54) is 5.57 Å². The molecule has 0 saturated carbocycles. The number of nitrogens with zero attached hydrogens (tertiary/aromatic N) is 1. The van der Waals surface area contributed by atoms with Crippen LogP contribution in [0, 0.1) is 0 Å². The summed E-state index contributed by atoms with van der Waals surface area (Å²) in [6.07, 6.45) is 7.64. The minimum atomic E-state index is 0.932. The maximum absolute atomic E-state index is 4.02. The van der Waals surface area contributed by atoms with Gasteiger partial charge < -0.3 is 0 Å². The highest BCUT2D eigenvalue weighted by Gasteiger charge is 1.75. The van der Waals surface area contributed by atoms with Crippen LogP contribution < -0.4 is 0 Å². The Morgan fingerprint density at radius 1 is 1.60 bits per heavy atom. The van der Waals surface area contributed by atoms with Gasteiger partial charge in [0.2, 0.25) is 0 Å². The van der Waals surface area contributed by atoms with Gasteiger partial charge >= 0.3 is 0 Å². The van der Waals surface area contributed by atoms with Crippen LogP contribution in [-0.2, 0) is 0 Å². The maximum atomic E-state index is 4.02. The molecule has 1 heteroatoms. The van der Waals surface area contributed by atoms with Gasteiger partial charge in [0.15, 0.2) is 0 Å². The molecule has 0 bridgehead atoms. The number of hydrogen-bond acceptors (Lipinski definition) is 1. The molecule has 56 valence electrons. The van der Waals surface area contributed by atoms with Gasteiger partial charge in [0.1, 0.15) is 0 Å². The zero-order valence-corrected chi connectivity index (χ0v) is 6.80. The van der Waals surface area contributed by atoms with Crippen molar-refractivity contribution < 1.29 is 0 Å². The zero-order chi connectivity index (χ0) is 7.82. The highest BCUT2D eigenvalue weighted by Crippen LogP contribution is 1.95. The highest BCUT2D eigenvalue weighted by molar-refractivity contribution is 5.57. The summed E-state index contributed by atoms with van der Waals surface area (Å²) < 4.78 is 0. The summed E-state index contributed by atoms with van der Waals surface area (Å²) in [7, 11) is 0. The van der Waals surface area contributed by atoms with Gasteiger partial charge in [-0.3, -0.25) is 4.99 Å². The minimum Gasteiger partial charge on any atom is -0.269 e. The van der Waals surface area contributed by atoms with E-state index in [0.29, 0.717) is 0 Å². The normalized spacial score (nSPS) is 11.4. The van der Waals surface area contributed by atoms with Crippen molar-refractivity contribution in [3.63, 3.8) is 0 Å². The SMILES string of the molecule is C=C(C)C/C=C\N=CCC. The Labute approximate surface area is 63.2 Å². The van der Waals surface area contributed by atoms with Crippen LogP contribution in [0.4, 0.5) is 0 Å². The third-order valence-electron chi connectivity index (χ3n) is 0.946. The van der Waals surface area contributed by atoms with Gasteiger partial charge in [-0.15, -0.1) is 0 Å². The topological polar surface area (TPSA) is 12.4 Å². The van der Waals surface area contributed by atoms with Crippen LogP contribution in [0.15, 0.2) is 29.4 Å². The quantitative estimate of drug-likeness (QED) is 0.417. The number of rotatable bonds is 4. The van der Waals surface area contributed by atoms with Crippen LogP contribution in [0.1, 0.15) is 26.7 Å². The third kappa shape index (κ3) is 7.15. The largest absolute Gasteiger partial charge is 0.269 e. The third-order valence-corrected chi connectivity index (χ3v) is 0.946. The van der Waals surface area contributed by atoms with E-state index in [9.17, 15) is 0 Å². The lowest BCUT2D eigenvalue weighted by Gasteiger charge is -1.85. The standard InChI is InChI=1S/C9H15N/c1-4-7-10-8-5-6-9(2)3/h5,7-8H,2,4,6H2,1,3H3/b8-5-,10-7?. The van der Waals surface area contributed by atoms with Crippen molar-refractivity contribution in [1.29, 1.82) is 0 Å². The van der Waals surface area contributed by atoms with Gasteiger partial charge in [-0.25, -0.2) is 0 Å². The summed E-state index contributed by atoms with van der Waals surface area (Å²) in [6.45, 7) is 7.84. The fourth-order valence-electron chi connectivity index (χ4n) is 0.481. The van der Waals surface area contributed by atoms with Crippen molar-refractivity contribution in [2.24, 2.45) is 4.99 Å². The lowest BCUT2D eigenvalue weighted by Crippen LogP contribution is -1.67. The summed E-state index contributed by atoms with van der Waals surface area (Å²) in [5, 5.41) is 0. The average Bonchev–Trinajstić information content (AvgIpc) is 1.87. The van der Waals surface area contributed by atoms with Crippen molar-refractivity contribution in [2.45, 2.75) is 26.7 Å². The average molecular weight is 137 g/mol. The summed E-state index contributed by atoms with van der Waals surface area (Å²) in [4.78, 5) is 4.02. The fourth-order valence-corrected chi connectivity index (χ4v) is 0.481. The molecule has 0 aromatic rings. The predicted molar refractivity (Wildman–Crippen MR) is 47.4 cm³/mol. The molecule has 0 N–H and O–H groups in total. The van der Waals surface area contributed by atoms with E-state index in [1.807, 2.05) is 25.4 Å². The van der Waals surface area contributed by atoms with Gasteiger partial charge in [-0.2, -0.15) is 0 Å². The van der Waals surface area contributed by atoms with E-state index in [1.54, 1.807) is 0 Å². The molecule has 0 unspecified atom stereocenters. The molecule has 0 atom stereocenters. The predicted octanol–water partition coefficient (Wildman–Crippen LogP) is 2.95. The summed E-state index contributed by atoms with van der Waals surface area (Å²) in [6, 6.07) is 0. The molecule has 0 radical (unpaired) electrons. The van der Waals surface area contributed by atoms with E-state index in [2.05, 4.69) is 18.5 Å². The van der Waals surface area contributed by atoms with E-state index >= 15 is 0 Å². The van der Waals surface area contributed by atoms with Crippen molar-refractivity contribution in [3.05, 3.63) is 24.4 Å². The lowest BCUT2D eigenvalue weighted by molar-refractivity contribution is 1.21. The van der Waals surface area contributed by atoms with Crippen LogP contribution >= 0.6 is 0 Å². The second-order valence-electron chi connectivity index (χ2n) is 2.29. The van der Waals surface area contributed by atoms with E-state index in [-0.39, 0.29) is 0 Å². The Bertz CT molecular complexity index is 143. The van der Waals surface area contributed by atoms with Crippen LogP contribution in [0.2, 0.25) is 0 Å². The molecule has 0 aliphatic rings. The minimum absolute atomic E-state index is 0.932. The summed E-state index contributed by atoms with van der Waals surface area (Å²) >= 11 is 0. The van der Waals surface area contributed by atoms with Crippen LogP contribution in [0.3, 0.4) is 0 Å². The first-order valence-electron chi connectivity index (χ1n) is 3.58. The van der Waals surface area contributed by atoms with E-state index < -0.39 is 0 Å². The molecule has 0 fully saturated rings. The summed E-state index contributed by atoms with van der Waals surface area (Å²) in [5.74, 6) is 0. The Kier molecular flexibility index (Phi) is 5.74. The molecule has 0 amide bonds. The molecule has 0 spiro atoms. The Morgan fingerprint density at radius 3 is 2.80 bits per heavy atom. The fraction of sp³-hybridized carbons (Fsp3) is 0.444. The smallest absolute Gasteiger partial charge is 0.0227 e. The molecule has 0 aromatic carbocycles. The Hall–Kier alpha value is -0.850. The van der Waals surface area contributed by atoms with Gasteiger partial charge in [-0.1, -0.05) is 25.2 Å². The molecule has 0 rings (SSSR count). The first-order chi connectivity index (χ1) is 4.77. The van der Waals surface area contributed by atoms with Crippen molar-refractivity contribution >= 4 is 6.21 Å². The number of allylic oxidation sites excluding steroid dienone is 2. The van der Waals surface area contributed by atoms with Crippen molar-refractivity contribution in [1.82, 2.24) is 0 Å². The molecule has 1 nitrogen and oxygen atoms in total. The van der Waals surface area contributed by atoms with E-state index in [4.69, 9.17) is 0 Å². The van der Waals surface area contributed by atoms with Crippen molar-refractivity contribution in [3.8, 4) is 0 Å². The molecule has 0 saturated heterocycles. The van der Waals surface area contributed by atoms with Crippen LogP contribution in [-0.4, -0.2) is 6.21 Å². The molecule has 0 aliphatic heterocycles. The van der Waals surface area contributed by atoms with Gasteiger partial charge in [0.05, 0.1) is 0 Å². The second kappa shape index (κ2) is 6.27. The van der Waals surface area contributed by atoms with Crippen LogP contribution in [0.25, 0.3) is 0 Å². The number of aliphatic imine (C=N–C) groups is 1. The molecule has 0 aliphatic carbocycles. The van der Waals surface area contributed by atoms with E-state index in [0.717, 1.165) is 12.8 Å². The first-order valence-corrected chi connectivity index (χ1v) is 3.58. The highest BCUT2D eigenvalue weighted by atomic mass is 14.7. The maximum Gasteiger partial charge on any atom is 0.0227 e. The molecule has 0 heterocycles. The molecule has 10 heavy (non-hydrogen) atoms.